The number of rotatable bonds is 4. The molecule has 0 fully saturated rings. The van der Waals surface area contributed by atoms with Crippen molar-refractivity contribution >= 4 is 33.0 Å². The van der Waals surface area contributed by atoms with Crippen molar-refractivity contribution in [1.29, 1.82) is 0 Å². The number of sulfonamides is 1. The third-order valence-electron chi connectivity index (χ3n) is 3.15. The highest BCUT2D eigenvalue weighted by atomic mass is 35.5. The molecule has 0 unspecified atom stereocenters. The maximum Gasteiger partial charge on any atom is 0.416 e. The van der Waals surface area contributed by atoms with Gasteiger partial charge in [-0.3, -0.25) is 14.8 Å². The van der Waals surface area contributed by atoms with E-state index in [0.29, 0.717) is 6.07 Å². The Labute approximate surface area is 145 Å². The Morgan fingerprint density at radius 1 is 1.16 bits per heavy atom. The number of nitro benzene ring substituents is 1. The van der Waals surface area contributed by atoms with Crippen LogP contribution in [0.15, 0.2) is 41.3 Å². The Morgan fingerprint density at radius 2 is 1.72 bits per heavy atom. The van der Waals surface area contributed by atoms with Crippen molar-refractivity contribution in [2.45, 2.75) is 18.0 Å². The molecule has 0 saturated heterocycles. The average molecular weight is 395 g/mol. The second-order valence-corrected chi connectivity index (χ2v) is 7.09. The predicted molar refractivity (Wildman–Crippen MR) is 85.1 cm³/mol. The van der Waals surface area contributed by atoms with Gasteiger partial charge in [-0.1, -0.05) is 29.3 Å². The molecule has 0 aliphatic heterocycles. The van der Waals surface area contributed by atoms with Crippen LogP contribution in [0.4, 0.5) is 24.5 Å². The van der Waals surface area contributed by atoms with E-state index in [0.717, 1.165) is 5.56 Å². The summed E-state index contributed by atoms with van der Waals surface area (Å²) in [6, 6.07) is 6.11. The number of benzene rings is 2. The monoisotopic (exact) mass is 394 g/mol. The molecule has 0 atom stereocenters. The van der Waals surface area contributed by atoms with Gasteiger partial charge in [-0.25, -0.2) is 8.42 Å². The molecule has 0 radical (unpaired) electrons. The van der Waals surface area contributed by atoms with Gasteiger partial charge >= 0.3 is 6.18 Å². The molecular formula is C14H10ClF3N2O4S. The summed E-state index contributed by atoms with van der Waals surface area (Å²) in [4.78, 5) is 9.55. The number of nitrogens with one attached hydrogen (secondary N) is 1. The van der Waals surface area contributed by atoms with Crippen LogP contribution >= 0.6 is 11.6 Å². The Balaban J connectivity index is 2.56. The van der Waals surface area contributed by atoms with Gasteiger partial charge in [-0.2, -0.15) is 13.2 Å². The van der Waals surface area contributed by atoms with Crippen LogP contribution in [0.5, 0.6) is 0 Å². The van der Waals surface area contributed by atoms with Crippen molar-refractivity contribution in [3.05, 3.63) is 62.7 Å². The predicted octanol–water partition coefficient (Wildman–Crippen LogP) is 4.38. The summed E-state index contributed by atoms with van der Waals surface area (Å²) in [5.74, 6) is 0. The molecule has 11 heteroatoms. The highest BCUT2D eigenvalue weighted by molar-refractivity contribution is 7.92. The summed E-state index contributed by atoms with van der Waals surface area (Å²) in [6.07, 6.45) is -4.92. The Morgan fingerprint density at radius 3 is 2.20 bits per heavy atom. The van der Waals surface area contributed by atoms with Crippen molar-refractivity contribution in [1.82, 2.24) is 0 Å². The van der Waals surface area contributed by atoms with Gasteiger partial charge in [-0.05, 0) is 25.1 Å². The first-order chi connectivity index (χ1) is 11.4. The molecule has 0 saturated carbocycles. The number of nitro groups is 1. The lowest BCUT2D eigenvalue weighted by molar-refractivity contribution is -0.384. The number of nitrogens with zero attached hydrogens (tertiary/aromatic N) is 1. The Kier molecular flexibility index (Phi) is 4.96. The standard InChI is InChI=1S/C14H10ClF3N2O4S/c1-8-2-4-10(5-3-8)25(23,24)19-11-6-9(14(16,17)18)7-12(13(11)15)20(21)22/h2-7,19H,1H3. The van der Waals surface area contributed by atoms with Crippen molar-refractivity contribution in [3.8, 4) is 0 Å². The van der Waals surface area contributed by atoms with Crippen molar-refractivity contribution in [2.75, 3.05) is 4.72 Å². The summed E-state index contributed by atoms with van der Waals surface area (Å²) in [5, 5.41) is 10.2. The molecule has 0 spiro atoms. The second kappa shape index (κ2) is 6.52. The maximum atomic E-state index is 12.9. The average Bonchev–Trinajstić information content (AvgIpc) is 2.48. The van der Waals surface area contributed by atoms with Crippen molar-refractivity contribution < 1.29 is 26.5 Å². The topological polar surface area (TPSA) is 89.3 Å². The normalized spacial score (nSPS) is 12.0. The van der Waals surface area contributed by atoms with Gasteiger partial charge in [0.1, 0.15) is 5.02 Å². The molecular weight excluding hydrogens is 385 g/mol. The highest BCUT2D eigenvalue weighted by Crippen LogP contribution is 2.40. The summed E-state index contributed by atoms with van der Waals surface area (Å²) >= 11 is 5.71. The van der Waals surface area contributed by atoms with Crippen molar-refractivity contribution in [2.24, 2.45) is 0 Å². The molecule has 0 bridgehead atoms. The van der Waals surface area contributed by atoms with E-state index in [1.807, 2.05) is 4.72 Å². The SMILES string of the molecule is Cc1ccc(S(=O)(=O)Nc2cc(C(F)(F)F)cc([N+](=O)[O-])c2Cl)cc1. The number of anilines is 1. The zero-order valence-corrected chi connectivity index (χ0v) is 14.0. The Bertz CT molecular complexity index is 928. The number of aryl methyl sites for hydroxylation is 1. The van der Waals surface area contributed by atoms with E-state index < -0.39 is 43.1 Å². The molecule has 2 aromatic rings. The van der Waals surface area contributed by atoms with E-state index in [4.69, 9.17) is 11.6 Å². The smallest absolute Gasteiger partial charge is 0.278 e. The second-order valence-electron chi connectivity index (χ2n) is 5.03. The van der Waals surface area contributed by atoms with Crippen LogP contribution in [-0.4, -0.2) is 13.3 Å². The van der Waals surface area contributed by atoms with E-state index in [1.54, 1.807) is 6.92 Å². The van der Waals surface area contributed by atoms with Crippen LogP contribution in [0.1, 0.15) is 11.1 Å². The van der Waals surface area contributed by atoms with Crippen LogP contribution in [0.25, 0.3) is 0 Å². The van der Waals surface area contributed by atoms with Gasteiger partial charge in [0.05, 0.1) is 21.1 Å². The van der Waals surface area contributed by atoms with Crippen LogP contribution in [0, 0.1) is 17.0 Å². The lowest BCUT2D eigenvalue weighted by Crippen LogP contribution is -2.15. The van der Waals surface area contributed by atoms with Crippen molar-refractivity contribution in [3.63, 3.8) is 0 Å². The first-order valence-corrected chi connectivity index (χ1v) is 8.42. The molecule has 1 N–H and O–H groups in total. The van der Waals surface area contributed by atoms with Gasteiger partial charge in [0.15, 0.2) is 0 Å². The lowest BCUT2D eigenvalue weighted by Gasteiger charge is -2.13. The minimum absolute atomic E-state index is 0.228. The van der Waals surface area contributed by atoms with E-state index in [1.165, 1.54) is 24.3 Å². The Hall–Kier alpha value is -2.33. The van der Waals surface area contributed by atoms with E-state index in [-0.39, 0.29) is 11.0 Å². The summed E-state index contributed by atoms with van der Waals surface area (Å²) in [5.41, 5.74) is -2.42. The number of hydrogen-bond acceptors (Lipinski definition) is 4. The maximum absolute atomic E-state index is 12.9. The molecule has 0 aliphatic carbocycles. The van der Waals surface area contributed by atoms with Gasteiger partial charge in [0.2, 0.25) is 0 Å². The minimum Gasteiger partial charge on any atom is -0.278 e. The fraction of sp³-hybridized carbons (Fsp3) is 0.143. The largest absolute Gasteiger partial charge is 0.416 e. The van der Waals surface area contributed by atoms with Crippen LogP contribution in [-0.2, 0) is 16.2 Å². The third-order valence-corrected chi connectivity index (χ3v) is 4.93. The zero-order valence-electron chi connectivity index (χ0n) is 12.5. The molecule has 0 aromatic heterocycles. The zero-order chi connectivity index (χ0) is 19.0. The number of alkyl halides is 3. The van der Waals surface area contributed by atoms with Crippen LogP contribution < -0.4 is 4.72 Å². The molecule has 2 aromatic carbocycles. The fourth-order valence-electron chi connectivity index (χ4n) is 1.90. The van der Waals surface area contributed by atoms with Gasteiger partial charge in [0, 0.05) is 6.07 Å². The molecule has 0 aliphatic rings. The fourth-order valence-corrected chi connectivity index (χ4v) is 3.25. The minimum atomic E-state index is -4.92. The molecule has 25 heavy (non-hydrogen) atoms. The van der Waals surface area contributed by atoms with Crippen LogP contribution in [0.3, 0.4) is 0 Å². The van der Waals surface area contributed by atoms with E-state index >= 15 is 0 Å². The summed E-state index contributed by atoms with van der Waals surface area (Å²) in [7, 11) is -4.28. The number of hydrogen-bond donors (Lipinski definition) is 1. The molecule has 0 amide bonds. The lowest BCUT2D eigenvalue weighted by atomic mass is 10.1. The molecule has 2 rings (SSSR count). The van der Waals surface area contributed by atoms with E-state index in [2.05, 4.69) is 0 Å². The van der Waals surface area contributed by atoms with Gasteiger partial charge in [-0.15, -0.1) is 0 Å². The summed E-state index contributed by atoms with van der Waals surface area (Å²) < 4.78 is 65.1. The van der Waals surface area contributed by atoms with Gasteiger partial charge < -0.3 is 0 Å². The van der Waals surface area contributed by atoms with Gasteiger partial charge in [0.25, 0.3) is 15.7 Å². The number of halogens is 4. The molecule has 6 nitrogen and oxygen atoms in total. The quantitative estimate of drug-likeness (QED) is 0.615. The first-order valence-electron chi connectivity index (χ1n) is 6.56. The summed E-state index contributed by atoms with van der Waals surface area (Å²) in [6.45, 7) is 1.72. The van der Waals surface area contributed by atoms with E-state index in [9.17, 15) is 31.7 Å². The first kappa shape index (κ1) is 19.0. The molecule has 0 heterocycles. The van der Waals surface area contributed by atoms with Crippen LogP contribution in [0.2, 0.25) is 5.02 Å². The molecule has 134 valence electrons. The third kappa shape index (κ3) is 4.20. The highest BCUT2D eigenvalue weighted by Gasteiger charge is 2.35.